The first kappa shape index (κ1) is 30.4. The summed E-state index contributed by atoms with van der Waals surface area (Å²) in [6.07, 6.45) is 7.47. The van der Waals surface area contributed by atoms with Gasteiger partial charge in [-0.05, 0) is 102 Å². The molecule has 8 aromatic carbocycles. The zero-order valence-corrected chi connectivity index (χ0v) is 30.1. The first-order chi connectivity index (χ1) is 26.2. The zero-order valence-electron chi connectivity index (χ0n) is 29.3. The summed E-state index contributed by atoms with van der Waals surface area (Å²) in [6, 6.07) is 55.7. The van der Waals surface area contributed by atoms with E-state index in [1.807, 2.05) is 17.4 Å². The van der Waals surface area contributed by atoms with Crippen LogP contribution in [0.25, 0.3) is 103 Å². The molecule has 0 aliphatic heterocycles. The minimum atomic E-state index is 0.445. The van der Waals surface area contributed by atoms with Crippen LogP contribution in [0.1, 0.15) is 18.1 Å². The Bertz CT molecular complexity index is 3030. The Kier molecular flexibility index (Phi) is 6.84. The van der Waals surface area contributed by atoms with Crippen molar-refractivity contribution in [3.8, 4) is 44.7 Å². The lowest BCUT2D eigenvalue weighted by molar-refractivity contribution is 0.582. The van der Waals surface area contributed by atoms with Gasteiger partial charge in [-0.1, -0.05) is 153 Å². The number of furan rings is 1. The number of allylic oxidation sites excluding steroid dienone is 1. The number of fused-ring (bicyclic) bond motifs is 7. The van der Waals surface area contributed by atoms with Crippen molar-refractivity contribution in [2.45, 2.75) is 13.3 Å². The number of hydrogen-bond donors (Lipinski definition) is 0. The molecule has 1 unspecified atom stereocenters. The van der Waals surface area contributed by atoms with Gasteiger partial charge in [0.25, 0.3) is 0 Å². The predicted octanol–water partition coefficient (Wildman–Crippen LogP) is 15.0. The van der Waals surface area contributed by atoms with Crippen molar-refractivity contribution in [3.63, 3.8) is 0 Å². The van der Waals surface area contributed by atoms with Crippen molar-refractivity contribution in [1.29, 1.82) is 0 Å². The maximum absolute atomic E-state index is 6.09. The van der Waals surface area contributed by atoms with Crippen molar-refractivity contribution < 1.29 is 4.42 Å². The second-order valence-corrected chi connectivity index (χ2v) is 15.4. The van der Waals surface area contributed by atoms with Gasteiger partial charge in [0.15, 0.2) is 0 Å². The topological polar surface area (TPSA) is 13.1 Å². The van der Waals surface area contributed by atoms with E-state index in [1.165, 1.54) is 103 Å². The fourth-order valence-corrected chi connectivity index (χ4v) is 10.4. The first-order valence-electron chi connectivity index (χ1n) is 18.5. The molecule has 1 atom stereocenters. The highest BCUT2D eigenvalue weighted by atomic mass is 32.1. The van der Waals surface area contributed by atoms with Crippen LogP contribution in [0.2, 0.25) is 0 Å². The third-order valence-corrected chi connectivity index (χ3v) is 12.5. The first-order valence-corrected chi connectivity index (χ1v) is 19.3. The summed E-state index contributed by atoms with van der Waals surface area (Å²) in [5.41, 5.74) is 11.7. The maximum Gasteiger partial charge on any atom is 0.135 e. The lowest BCUT2D eigenvalue weighted by atomic mass is 9.79. The van der Waals surface area contributed by atoms with Crippen molar-refractivity contribution in [1.82, 2.24) is 0 Å². The quantitative estimate of drug-likeness (QED) is 0.167. The Morgan fingerprint density at radius 2 is 1.09 bits per heavy atom. The highest BCUT2D eigenvalue weighted by Crippen LogP contribution is 2.52. The molecule has 0 fully saturated rings. The summed E-state index contributed by atoms with van der Waals surface area (Å²) in [5, 5.41) is 10.3. The second-order valence-electron chi connectivity index (χ2n) is 14.4. The Balaban J connectivity index is 1.24. The van der Waals surface area contributed by atoms with Gasteiger partial charge in [-0.25, -0.2) is 0 Å². The van der Waals surface area contributed by atoms with Crippen LogP contribution in [0.15, 0.2) is 168 Å². The molecule has 1 aliphatic rings. The molecule has 0 saturated carbocycles. The lowest BCUT2D eigenvalue weighted by Gasteiger charge is -2.25. The van der Waals surface area contributed by atoms with E-state index in [9.17, 15) is 0 Å². The van der Waals surface area contributed by atoms with Crippen molar-refractivity contribution in [2.24, 2.45) is 5.92 Å². The molecule has 0 bridgehead atoms. The summed E-state index contributed by atoms with van der Waals surface area (Å²) in [7, 11) is 0. The van der Waals surface area contributed by atoms with Crippen LogP contribution in [0, 0.1) is 5.92 Å². The van der Waals surface area contributed by atoms with Crippen LogP contribution in [0.5, 0.6) is 0 Å². The summed E-state index contributed by atoms with van der Waals surface area (Å²) in [5.74, 6) is 1.37. The molecule has 0 spiro atoms. The summed E-state index contributed by atoms with van der Waals surface area (Å²) in [6.45, 7) is 2.33. The monoisotopic (exact) mass is 694 g/mol. The largest absolute Gasteiger partial charge is 0.464 e. The van der Waals surface area contributed by atoms with E-state index in [2.05, 4.69) is 165 Å². The van der Waals surface area contributed by atoms with E-state index in [-0.39, 0.29) is 0 Å². The Hall–Kier alpha value is -6.22. The van der Waals surface area contributed by atoms with Crippen molar-refractivity contribution >= 4 is 69.9 Å². The Morgan fingerprint density at radius 1 is 0.509 bits per heavy atom. The summed E-state index contributed by atoms with van der Waals surface area (Å²) in [4.78, 5) is 0. The van der Waals surface area contributed by atoms with Gasteiger partial charge in [0.1, 0.15) is 5.76 Å². The Labute approximate surface area is 312 Å². The number of hydrogen-bond acceptors (Lipinski definition) is 2. The highest BCUT2D eigenvalue weighted by Gasteiger charge is 2.26. The molecule has 2 heterocycles. The second kappa shape index (κ2) is 11.9. The van der Waals surface area contributed by atoms with Crippen LogP contribution in [0.4, 0.5) is 0 Å². The molecule has 10 aromatic rings. The SMILES string of the molecule is CC1C=Cc2c(c(-c3cccc4c3sc3cccc(-c5c6ccccc6c(-c6ccccc6)c6ccccc56)c34)c3ccccc3c2-c2ccco2)C1. The van der Waals surface area contributed by atoms with Crippen molar-refractivity contribution in [3.05, 3.63) is 175 Å². The Morgan fingerprint density at radius 3 is 1.77 bits per heavy atom. The van der Waals surface area contributed by atoms with Gasteiger partial charge in [0, 0.05) is 31.3 Å². The van der Waals surface area contributed by atoms with Gasteiger partial charge in [-0.2, -0.15) is 0 Å². The van der Waals surface area contributed by atoms with Crippen LogP contribution in [0.3, 0.4) is 0 Å². The van der Waals surface area contributed by atoms with E-state index in [0.29, 0.717) is 5.92 Å². The molecule has 1 nitrogen and oxygen atoms in total. The van der Waals surface area contributed by atoms with Gasteiger partial charge >= 0.3 is 0 Å². The molecule has 0 amide bonds. The average Bonchev–Trinajstić information content (AvgIpc) is 3.88. The van der Waals surface area contributed by atoms with Gasteiger partial charge in [-0.15, -0.1) is 11.3 Å². The fraction of sp³-hybridized carbons (Fsp3) is 0.0588. The standard InChI is InChI=1S/C51H34OS/c1-31-27-28-39-43(30-31)48(37-20-9-10-21-38(37)49(39)44-25-13-29-52-44)41-23-11-24-42-50-40(22-12-26-45(50)53-51(41)42)47-35-18-7-5-16-33(35)46(32-14-3-2-4-15-32)34-17-6-8-19-36(34)47/h2-29,31H,30H2,1H3. The van der Waals surface area contributed by atoms with E-state index >= 15 is 0 Å². The molecular weight excluding hydrogens is 661 g/mol. The minimum absolute atomic E-state index is 0.445. The molecule has 250 valence electrons. The molecule has 0 saturated heterocycles. The number of benzene rings is 8. The minimum Gasteiger partial charge on any atom is -0.464 e. The van der Waals surface area contributed by atoms with Crippen LogP contribution >= 0.6 is 11.3 Å². The summed E-state index contributed by atoms with van der Waals surface area (Å²) >= 11 is 1.93. The zero-order chi connectivity index (χ0) is 35.0. The van der Waals surface area contributed by atoms with Gasteiger partial charge in [0.05, 0.1) is 6.26 Å². The van der Waals surface area contributed by atoms with Gasteiger partial charge in [-0.3, -0.25) is 0 Å². The van der Waals surface area contributed by atoms with E-state index in [4.69, 9.17) is 4.42 Å². The molecule has 2 heteroatoms. The van der Waals surface area contributed by atoms with Crippen LogP contribution in [-0.2, 0) is 6.42 Å². The molecule has 2 aromatic heterocycles. The van der Waals surface area contributed by atoms with Crippen LogP contribution < -0.4 is 0 Å². The molecule has 1 aliphatic carbocycles. The third kappa shape index (κ3) is 4.56. The molecule has 0 radical (unpaired) electrons. The van der Waals surface area contributed by atoms with Crippen LogP contribution in [-0.4, -0.2) is 0 Å². The number of thiophene rings is 1. The fourth-order valence-electron chi connectivity index (χ4n) is 9.14. The number of rotatable bonds is 4. The summed E-state index contributed by atoms with van der Waals surface area (Å²) < 4.78 is 8.74. The highest BCUT2D eigenvalue weighted by molar-refractivity contribution is 7.26. The smallest absolute Gasteiger partial charge is 0.135 e. The van der Waals surface area contributed by atoms with Gasteiger partial charge in [0.2, 0.25) is 0 Å². The average molecular weight is 695 g/mol. The lowest BCUT2D eigenvalue weighted by Crippen LogP contribution is -2.08. The normalized spacial score (nSPS) is 14.2. The predicted molar refractivity (Wildman–Crippen MR) is 228 cm³/mol. The molecule has 11 rings (SSSR count). The maximum atomic E-state index is 6.09. The van der Waals surface area contributed by atoms with Crippen molar-refractivity contribution in [2.75, 3.05) is 0 Å². The third-order valence-electron chi connectivity index (χ3n) is 11.3. The molecular formula is C51H34OS. The molecule has 53 heavy (non-hydrogen) atoms. The molecule has 0 N–H and O–H groups in total. The van der Waals surface area contributed by atoms with E-state index < -0.39 is 0 Å². The van der Waals surface area contributed by atoms with E-state index in [0.717, 1.165) is 12.2 Å². The van der Waals surface area contributed by atoms with E-state index in [1.54, 1.807) is 6.26 Å². The van der Waals surface area contributed by atoms with Gasteiger partial charge < -0.3 is 4.42 Å².